The Kier molecular flexibility index (Phi) is 4.87. The second-order valence-electron chi connectivity index (χ2n) is 5.64. The second-order valence-corrected chi connectivity index (χ2v) is 5.64. The van der Waals surface area contributed by atoms with Gasteiger partial charge in [0, 0.05) is 42.8 Å². The molecule has 2 aromatic heterocycles. The monoisotopic (exact) mass is 313 g/mol. The van der Waals surface area contributed by atoms with Crippen LogP contribution in [-0.4, -0.2) is 57.0 Å². The van der Waals surface area contributed by atoms with Gasteiger partial charge in [0.25, 0.3) is 5.91 Å². The Labute approximate surface area is 134 Å². The van der Waals surface area contributed by atoms with Gasteiger partial charge in [0.2, 0.25) is 0 Å². The van der Waals surface area contributed by atoms with E-state index in [9.17, 15) is 4.79 Å². The Morgan fingerprint density at radius 1 is 1.35 bits per heavy atom. The third kappa shape index (κ3) is 4.07. The summed E-state index contributed by atoms with van der Waals surface area (Å²) in [7, 11) is 0. The van der Waals surface area contributed by atoms with Crippen molar-refractivity contribution in [1.29, 1.82) is 0 Å². The van der Waals surface area contributed by atoms with Crippen molar-refractivity contribution in [2.45, 2.75) is 13.3 Å². The molecule has 0 unspecified atom stereocenters. The Balaban J connectivity index is 1.70. The Morgan fingerprint density at radius 2 is 2.26 bits per heavy atom. The van der Waals surface area contributed by atoms with Crippen molar-refractivity contribution in [3.8, 4) is 0 Å². The predicted octanol–water partition coefficient (Wildman–Crippen LogP) is 0.906. The number of nitrogens with zero attached hydrogens (tertiary/aromatic N) is 5. The summed E-state index contributed by atoms with van der Waals surface area (Å²) >= 11 is 0. The number of carbonyl (C=O) groups excluding carboxylic acids is 1. The molecule has 23 heavy (non-hydrogen) atoms. The maximum Gasteiger partial charge on any atom is 0.274 e. The second kappa shape index (κ2) is 7.23. The number of amides is 1. The Morgan fingerprint density at radius 3 is 3.04 bits per heavy atom. The minimum absolute atomic E-state index is 0.104. The van der Waals surface area contributed by atoms with Gasteiger partial charge in [-0.2, -0.15) is 0 Å². The number of ether oxygens (including phenoxy) is 1. The van der Waals surface area contributed by atoms with Gasteiger partial charge < -0.3 is 9.64 Å². The van der Waals surface area contributed by atoms with Gasteiger partial charge in [-0.25, -0.2) is 15.0 Å². The Hall–Kier alpha value is -2.41. The van der Waals surface area contributed by atoms with E-state index in [0.29, 0.717) is 32.0 Å². The van der Waals surface area contributed by atoms with E-state index in [-0.39, 0.29) is 11.8 Å². The van der Waals surface area contributed by atoms with E-state index in [1.165, 1.54) is 12.4 Å². The minimum atomic E-state index is -0.104. The lowest BCUT2D eigenvalue weighted by Crippen LogP contribution is -2.37. The largest absolute Gasteiger partial charge is 0.379 e. The van der Waals surface area contributed by atoms with Crippen LogP contribution in [0.25, 0.3) is 0 Å². The van der Waals surface area contributed by atoms with Gasteiger partial charge in [-0.1, -0.05) is 0 Å². The molecule has 0 spiro atoms. The maximum atomic E-state index is 12.5. The quantitative estimate of drug-likeness (QED) is 0.837. The first-order chi connectivity index (χ1) is 11.2. The van der Waals surface area contributed by atoms with Crippen molar-refractivity contribution in [2.75, 3.05) is 26.3 Å². The molecule has 0 bridgehead atoms. The summed E-state index contributed by atoms with van der Waals surface area (Å²) in [4.78, 5) is 30.8. The third-order valence-electron chi connectivity index (χ3n) is 3.77. The summed E-state index contributed by atoms with van der Waals surface area (Å²) in [5, 5.41) is 0. The number of aromatic nitrogens is 4. The average Bonchev–Trinajstić information content (AvgIpc) is 2.80. The molecule has 1 atom stereocenters. The summed E-state index contributed by atoms with van der Waals surface area (Å²) in [5.74, 6) is 0.0971. The van der Waals surface area contributed by atoms with Crippen molar-refractivity contribution in [3.05, 3.63) is 48.1 Å². The number of aryl methyl sites for hydroxylation is 1. The highest BCUT2D eigenvalue weighted by atomic mass is 16.5. The van der Waals surface area contributed by atoms with Crippen molar-refractivity contribution in [2.24, 2.45) is 5.92 Å². The first-order valence-electron chi connectivity index (χ1n) is 7.63. The molecular weight excluding hydrogens is 294 g/mol. The molecule has 1 fully saturated rings. The zero-order valence-electron chi connectivity index (χ0n) is 13.1. The number of rotatable bonds is 3. The molecule has 1 amide bonds. The predicted molar refractivity (Wildman–Crippen MR) is 82.7 cm³/mol. The normalized spacial score (nSPS) is 18.5. The van der Waals surface area contributed by atoms with Gasteiger partial charge in [-0.15, -0.1) is 0 Å². The fourth-order valence-electron chi connectivity index (χ4n) is 2.68. The molecule has 1 aliphatic rings. The van der Waals surface area contributed by atoms with E-state index in [2.05, 4.69) is 19.9 Å². The number of hydrogen-bond donors (Lipinski definition) is 0. The van der Waals surface area contributed by atoms with Gasteiger partial charge in [-0.3, -0.25) is 9.78 Å². The molecule has 3 rings (SSSR count). The maximum absolute atomic E-state index is 12.5. The molecule has 0 radical (unpaired) electrons. The van der Waals surface area contributed by atoms with Crippen molar-refractivity contribution < 1.29 is 9.53 Å². The smallest absolute Gasteiger partial charge is 0.274 e. The van der Waals surface area contributed by atoms with Gasteiger partial charge in [0.05, 0.1) is 19.4 Å². The van der Waals surface area contributed by atoms with Gasteiger partial charge >= 0.3 is 0 Å². The zero-order valence-corrected chi connectivity index (χ0v) is 13.1. The topological polar surface area (TPSA) is 81.1 Å². The van der Waals surface area contributed by atoms with Crippen molar-refractivity contribution in [3.63, 3.8) is 0 Å². The summed E-state index contributed by atoms with van der Waals surface area (Å²) in [6.07, 6.45) is 6.92. The summed E-state index contributed by atoms with van der Waals surface area (Å²) in [6, 6.07) is 1.97. The summed E-state index contributed by atoms with van der Waals surface area (Å²) in [5.41, 5.74) is 2.28. The first-order valence-corrected chi connectivity index (χ1v) is 7.63. The molecule has 0 aliphatic carbocycles. The van der Waals surface area contributed by atoms with Gasteiger partial charge in [-0.05, 0) is 19.4 Å². The van der Waals surface area contributed by atoms with Gasteiger partial charge in [0.1, 0.15) is 12.0 Å². The minimum Gasteiger partial charge on any atom is -0.379 e. The molecule has 0 saturated carbocycles. The van der Waals surface area contributed by atoms with E-state index in [0.717, 1.165) is 17.8 Å². The molecule has 7 nitrogen and oxygen atoms in total. The standard InChI is InChI=1S/C16H19N5O2/c1-12-6-14(20-11-19-12)7-13-9-21(4-5-23-10-13)16(22)15-8-17-2-3-18-15/h2-3,6,8,11,13H,4-5,7,9-10H2,1H3/t13-/m0/s1. The van der Waals surface area contributed by atoms with Gasteiger partial charge in [0.15, 0.2) is 0 Å². The van der Waals surface area contributed by atoms with Crippen molar-refractivity contribution >= 4 is 5.91 Å². The summed E-state index contributed by atoms with van der Waals surface area (Å²) in [6.45, 7) is 4.28. The van der Waals surface area contributed by atoms with Crippen molar-refractivity contribution in [1.82, 2.24) is 24.8 Å². The molecule has 7 heteroatoms. The Bertz CT molecular complexity index is 665. The molecule has 1 aliphatic heterocycles. The first kappa shape index (κ1) is 15.5. The highest BCUT2D eigenvalue weighted by molar-refractivity contribution is 5.91. The molecule has 2 aromatic rings. The fraction of sp³-hybridized carbons (Fsp3) is 0.438. The van der Waals surface area contributed by atoms with Crippen LogP contribution in [0.3, 0.4) is 0 Å². The van der Waals surface area contributed by atoms with Crippen LogP contribution in [0.5, 0.6) is 0 Å². The van der Waals surface area contributed by atoms with E-state index < -0.39 is 0 Å². The van der Waals surface area contributed by atoms with Crippen LogP contribution in [0.15, 0.2) is 31.0 Å². The van der Waals surface area contributed by atoms with E-state index in [4.69, 9.17) is 4.74 Å². The van der Waals surface area contributed by atoms with Crippen LogP contribution < -0.4 is 0 Å². The lowest BCUT2D eigenvalue weighted by atomic mass is 10.0. The average molecular weight is 313 g/mol. The van der Waals surface area contributed by atoms with Crippen LogP contribution in [0.1, 0.15) is 21.9 Å². The van der Waals surface area contributed by atoms with Crippen LogP contribution >= 0.6 is 0 Å². The lowest BCUT2D eigenvalue weighted by Gasteiger charge is -2.23. The van der Waals surface area contributed by atoms with Crippen LogP contribution in [0.4, 0.5) is 0 Å². The summed E-state index contributed by atoms with van der Waals surface area (Å²) < 4.78 is 5.65. The van der Waals surface area contributed by atoms with E-state index >= 15 is 0 Å². The van der Waals surface area contributed by atoms with Crippen LogP contribution in [0, 0.1) is 12.8 Å². The number of carbonyl (C=O) groups is 1. The molecule has 3 heterocycles. The SMILES string of the molecule is Cc1cc(C[C@@H]2COCCN(C(=O)c3cnccn3)C2)ncn1. The molecular formula is C16H19N5O2. The lowest BCUT2D eigenvalue weighted by molar-refractivity contribution is 0.0731. The molecule has 0 aromatic carbocycles. The number of hydrogen-bond acceptors (Lipinski definition) is 6. The highest BCUT2D eigenvalue weighted by Crippen LogP contribution is 2.14. The van der Waals surface area contributed by atoms with E-state index in [1.54, 1.807) is 17.4 Å². The zero-order chi connectivity index (χ0) is 16.1. The molecule has 1 saturated heterocycles. The highest BCUT2D eigenvalue weighted by Gasteiger charge is 2.24. The third-order valence-corrected chi connectivity index (χ3v) is 3.77. The van der Waals surface area contributed by atoms with Crippen LogP contribution in [0.2, 0.25) is 0 Å². The van der Waals surface area contributed by atoms with E-state index in [1.807, 2.05) is 13.0 Å². The molecule has 120 valence electrons. The molecule has 0 N–H and O–H groups in total. The fourth-order valence-corrected chi connectivity index (χ4v) is 2.68. The van der Waals surface area contributed by atoms with Crippen LogP contribution in [-0.2, 0) is 11.2 Å².